The summed E-state index contributed by atoms with van der Waals surface area (Å²) >= 11 is 0. The zero-order valence-electron chi connectivity index (χ0n) is 11.1. The summed E-state index contributed by atoms with van der Waals surface area (Å²) in [7, 11) is 0. The van der Waals surface area contributed by atoms with Crippen LogP contribution in [0, 0.1) is 6.92 Å². The summed E-state index contributed by atoms with van der Waals surface area (Å²) in [4.78, 5) is 10.5. The molecule has 0 atom stereocenters. The minimum Gasteiger partial charge on any atom is -0.395 e. The predicted octanol–water partition coefficient (Wildman–Crippen LogP) is 0.398. The second-order valence-corrected chi connectivity index (χ2v) is 4.05. The topological polar surface area (TPSA) is 81.5 Å². The van der Waals surface area contributed by atoms with E-state index in [1.54, 1.807) is 0 Å². The number of nitrogens with one attached hydrogen (secondary N) is 1. The van der Waals surface area contributed by atoms with E-state index in [0.717, 1.165) is 24.5 Å². The lowest BCUT2D eigenvalue weighted by Crippen LogP contribution is -2.30. The van der Waals surface area contributed by atoms with Crippen LogP contribution in [0.5, 0.6) is 0 Å². The lowest BCUT2D eigenvalue weighted by molar-refractivity contribution is 0.280. The maximum Gasteiger partial charge on any atom is 0.224 e. The van der Waals surface area contributed by atoms with Crippen molar-refractivity contribution < 1.29 is 10.2 Å². The molecule has 0 spiro atoms. The van der Waals surface area contributed by atoms with Gasteiger partial charge in [0, 0.05) is 31.4 Å². The zero-order valence-corrected chi connectivity index (χ0v) is 11.1. The molecule has 0 saturated heterocycles. The summed E-state index contributed by atoms with van der Waals surface area (Å²) in [5.74, 6) is 1.32. The van der Waals surface area contributed by atoms with Crippen molar-refractivity contribution in [1.82, 2.24) is 9.97 Å². The number of rotatable bonds is 8. The molecule has 18 heavy (non-hydrogen) atoms. The number of nitrogens with zero attached hydrogens (tertiary/aromatic N) is 3. The van der Waals surface area contributed by atoms with Gasteiger partial charge in [-0.1, -0.05) is 6.92 Å². The van der Waals surface area contributed by atoms with E-state index in [1.165, 1.54) is 0 Å². The second-order valence-electron chi connectivity index (χ2n) is 4.05. The lowest BCUT2D eigenvalue weighted by atomic mass is 10.3. The fourth-order valence-electron chi connectivity index (χ4n) is 1.61. The Labute approximate surface area is 108 Å². The van der Waals surface area contributed by atoms with Gasteiger partial charge in [-0.25, -0.2) is 4.98 Å². The summed E-state index contributed by atoms with van der Waals surface area (Å²) in [6.07, 6.45) is 1.00. The first kappa shape index (κ1) is 14.7. The average molecular weight is 254 g/mol. The Morgan fingerprint density at radius 1 is 1.22 bits per heavy atom. The third-order valence-corrected chi connectivity index (χ3v) is 2.44. The number of anilines is 2. The van der Waals surface area contributed by atoms with Gasteiger partial charge in [0.2, 0.25) is 5.95 Å². The predicted molar refractivity (Wildman–Crippen MR) is 71.9 cm³/mol. The Balaban J connectivity index is 2.87. The molecular formula is C12H22N4O2. The zero-order chi connectivity index (χ0) is 13.4. The van der Waals surface area contributed by atoms with Crippen LogP contribution in [0.4, 0.5) is 11.8 Å². The SMILES string of the molecule is CCCNc1nc(C)cc(N(CCO)CCO)n1. The lowest BCUT2D eigenvalue weighted by Gasteiger charge is -2.22. The van der Waals surface area contributed by atoms with E-state index < -0.39 is 0 Å². The van der Waals surface area contributed by atoms with Crippen molar-refractivity contribution in [2.24, 2.45) is 0 Å². The number of hydrogen-bond donors (Lipinski definition) is 3. The largest absolute Gasteiger partial charge is 0.395 e. The molecule has 0 aromatic carbocycles. The summed E-state index contributed by atoms with van der Waals surface area (Å²) in [5, 5.41) is 21.2. The molecule has 0 bridgehead atoms. The standard InChI is InChI=1S/C12H22N4O2/c1-3-4-13-12-14-10(2)9-11(15-12)16(5-7-17)6-8-18/h9,17-18H,3-8H2,1-2H3,(H,13,14,15). The van der Waals surface area contributed by atoms with Gasteiger partial charge in [0.25, 0.3) is 0 Å². The van der Waals surface area contributed by atoms with Crippen LogP contribution in [-0.4, -0.2) is 53.0 Å². The van der Waals surface area contributed by atoms with Crippen molar-refractivity contribution in [3.05, 3.63) is 11.8 Å². The molecular weight excluding hydrogens is 232 g/mol. The highest BCUT2D eigenvalue weighted by atomic mass is 16.3. The van der Waals surface area contributed by atoms with E-state index in [9.17, 15) is 0 Å². The van der Waals surface area contributed by atoms with Gasteiger partial charge >= 0.3 is 0 Å². The molecule has 1 heterocycles. The first-order valence-electron chi connectivity index (χ1n) is 6.27. The smallest absolute Gasteiger partial charge is 0.224 e. The Morgan fingerprint density at radius 3 is 2.44 bits per heavy atom. The van der Waals surface area contributed by atoms with E-state index >= 15 is 0 Å². The van der Waals surface area contributed by atoms with E-state index in [4.69, 9.17) is 10.2 Å². The minimum absolute atomic E-state index is 0.0285. The number of aliphatic hydroxyl groups excluding tert-OH is 2. The van der Waals surface area contributed by atoms with Crippen LogP contribution in [0.1, 0.15) is 19.0 Å². The van der Waals surface area contributed by atoms with Gasteiger partial charge in [-0.2, -0.15) is 4.98 Å². The Morgan fingerprint density at radius 2 is 1.89 bits per heavy atom. The van der Waals surface area contributed by atoms with Crippen molar-refractivity contribution in [1.29, 1.82) is 0 Å². The first-order valence-corrected chi connectivity index (χ1v) is 6.27. The maximum atomic E-state index is 9.02. The summed E-state index contributed by atoms with van der Waals surface area (Å²) in [6.45, 7) is 5.75. The molecule has 6 nitrogen and oxygen atoms in total. The molecule has 0 aliphatic carbocycles. The van der Waals surface area contributed by atoms with Crippen LogP contribution in [-0.2, 0) is 0 Å². The van der Waals surface area contributed by atoms with Crippen LogP contribution >= 0.6 is 0 Å². The number of aliphatic hydroxyl groups is 2. The van der Waals surface area contributed by atoms with Crippen molar-refractivity contribution in [2.45, 2.75) is 20.3 Å². The van der Waals surface area contributed by atoms with Gasteiger partial charge < -0.3 is 20.4 Å². The molecule has 1 rings (SSSR count). The monoisotopic (exact) mass is 254 g/mol. The van der Waals surface area contributed by atoms with Crippen LogP contribution in [0.15, 0.2) is 6.07 Å². The molecule has 0 aliphatic rings. The highest BCUT2D eigenvalue weighted by molar-refractivity contribution is 5.44. The average Bonchev–Trinajstić information content (AvgIpc) is 2.35. The van der Waals surface area contributed by atoms with Gasteiger partial charge in [-0.05, 0) is 13.3 Å². The van der Waals surface area contributed by atoms with E-state index in [1.807, 2.05) is 17.9 Å². The minimum atomic E-state index is 0.0285. The molecule has 0 fully saturated rings. The number of aromatic nitrogens is 2. The molecule has 1 aromatic rings. The second kappa shape index (κ2) is 7.84. The Hall–Kier alpha value is -1.40. The summed E-state index contributed by atoms with van der Waals surface area (Å²) in [5.41, 5.74) is 0.861. The molecule has 1 aromatic heterocycles. The van der Waals surface area contributed by atoms with Crippen molar-refractivity contribution in [3.63, 3.8) is 0 Å². The normalized spacial score (nSPS) is 10.4. The third-order valence-electron chi connectivity index (χ3n) is 2.44. The highest BCUT2D eigenvalue weighted by Crippen LogP contribution is 2.14. The molecule has 0 saturated carbocycles. The Kier molecular flexibility index (Phi) is 6.38. The number of hydrogen-bond acceptors (Lipinski definition) is 6. The molecule has 0 radical (unpaired) electrons. The van der Waals surface area contributed by atoms with E-state index in [2.05, 4.69) is 22.2 Å². The van der Waals surface area contributed by atoms with Gasteiger partial charge in [-0.15, -0.1) is 0 Å². The molecule has 3 N–H and O–H groups in total. The molecule has 102 valence electrons. The van der Waals surface area contributed by atoms with Crippen LogP contribution < -0.4 is 10.2 Å². The van der Waals surface area contributed by atoms with E-state index in [0.29, 0.717) is 19.0 Å². The molecule has 0 unspecified atom stereocenters. The summed E-state index contributed by atoms with van der Waals surface area (Å²) < 4.78 is 0. The van der Waals surface area contributed by atoms with E-state index in [-0.39, 0.29) is 13.2 Å². The summed E-state index contributed by atoms with van der Waals surface area (Å²) in [6, 6.07) is 1.85. The van der Waals surface area contributed by atoms with Crippen LogP contribution in [0.2, 0.25) is 0 Å². The van der Waals surface area contributed by atoms with Crippen molar-refractivity contribution in [2.75, 3.05) is 43.1 Å². The highest BCUT2D eigenvalue weighted by Gasteiger charge is 2.09. The number of aryl methyl sites for hydroxylation is 1. The van der Waals surface area contributed by atoms with Gasteiger partial charge in [-0.3, -0.25) is 0 Å². The van der Waals surface area contributed by atoms with Gasteiger partial charge in [0.05, 0.1) is 13.2 Å². The first-order chi connectivity index (χ1) is 8.71. The van der Waals surface area contributed by atoms with Crippen molar-refractivity contribution in [3.8, 4) is 0 Å². The Bertz CT molecular complexity index is 354. The van der Waals surface area contributed by atoms with Crippen LogP contribution in [0.25, 0.3) is 0 Å². The molecule has 6 heteroatoms. The third kappa shape index (κ3) is 4.46. The maximum absolute atomic E-state index is 9.02. The fraction of sp³-hybridized carbons (Fsp3) is 0.667. The van der Waals surface area contributed by atoms with Crippen molar-refractivity contribution >= 4 is 11.8 Å². The molecule has 0 amide bonds. The molecule has 0 aliphatic heterocycles. The fourth-order valence-corrected chi connectivity index (χ4v) is 1.61. The van der Waals surface area contributed by atoms with Gasteiger partial charge in [0.1, 0.15) is 5.82 Å². The van der Waals surface area contributed by atoms with Crippen LogP contribution in [0.3, 0.4) is 0 Å². The van der Waals surface area contributed by atoms with Gasteiger partial charge in [0.15, 0.2) is 0 Å². The quantitative estimate of drug-likeness (QED) is 0.623.